The number of benzene rings is 2. The Labute approximate surface area is 114 Å². The summed E-state index contributed by atoms with van der Waals surface area (Å²) in [7, 11) is 0. The van der Waals surface area contributed by atoms with Gasteiger partial charge in [-0.05, 0) is 6.08 Å². The lowest BCUT2D eigenvalue weighted by atomic mass is 10.1. The van der Waals surface area contributed by atoms with E-state index in [1.54, 1.807) is 6.08 Å². The Hall–Kier alpha value is -2.63. The molecule has 0 aromatic heterocycles. The van der Waals surface area contributed by atoms with E-state index in [0.29, 0.717) is 0 Å². The highest BCUT2D eigenvalue weighted by Crippen LogP contribution is 2.16. The van der Waals surface area contributed by atoms with Gasteiger partial charge in [-0.25, -0.2) is 4.99 Å². The van der Waals surface area contributed by atoms with Crippen LogP contribution >= 0.6 is 0 Å². The first kappa shape index (κ1) is 12.8. The molecule has 0 heterocycles. The quantitative estimate of drug-likeness (QED) is 0.556. The molecular weight excluding hydrogens is 230 g/mol. The molecule has 0 aliphatic heterocycles. The molecule has 0 aliphatic carbocycles. The fourth-order valence-electron chi connectivity index (χ4n) is 1.76. The highest BCUT2D eigenvalue weighted by Gasteiger charge is 2.02. The van der Waals surface area contributed by atoms with Crippen molar-refractivity contribution in [1.29, 1.82) is 0 Å². The van der Waals surface area contributed by atoms with E-state index in [4.69, 9.17) is 0 Å². The zero-order chi connectivity index (χ0) is 13.5. The van der Waals surface area contributed by atoms with Crippen molar-refractivity contribution < 1.29 is 0 Å². The van der Waals surface area contributed by atoms with Crippen molar-refractivity contribution in [3.8, 4) is 0 Å². The van der Waals surface area contributed by atoms with Crippen LogP contribution in [0.4, 0.5) is 0 Å². The fraction of sp³-hybridized carbons (Fsp3) is 0. The maximum absolute atomic E-state index is 4.60. The van der Waals surface area contributed by atoms with Gasteiger partial charge in [-0.2, -0.15) is 0 Å². The third-order valence-corrected chi connectivity index (χ3v) is 2.71. The first-order chi connectivity index (χ1) is 9.35. The zero-order valence-electron chi connectivity index (χ0n) is 10.7. The molecule has 1 heteroatoms. The smallest absolute Gasteiger partial charge is 0.112 e. The Morgan fingerprint density at radius 3 is 1.89 bits per heavy atom. The predicted molar refractivity (Wildman–Crippen MR) is 82.2 cm³/mol. The average molecular weight is 245 g/mol. The van der Waals surface area contributed by atoms with E-state index >= 15 is 0 Å². The minimum atomic E-state index is 0.722. The molecule has 0 N–H and O–H groups in total. The Morgan fingerprint density at radius 2 is 1.42 bits per heavy atom. The van der Waals surface area contributed by atoms with E-state index in [1.807, 2.05) is 60.7 Å². The molecule has 0 aliphatic rings. The molecule has 0 radical (unpaired) electrons. The summed E-state index contributed by atoms with van der Waals surface area (Å²) in [6.07, 6.45) is 1.75. The van der Waals surface area contributed by atoms with Crippen LogP contribution in [-0.4, -0.2) is 5.71 Å². The normalized spacial score (nSPS) is 10.6. The Kier molecular flexibility index (Phi) is 4.28. The molecule has 0 amide bonds. The van der Waals surface area contributed by atoms with Gasteiger partial charge in [0.05, 0.1) is 5.71 Å². The van der Waals surface area contributed by atoms with E-state index in [1.165, 1.54) is 0 Å². The first-order valence-corrected chi connectivity index (χ1v) is 6.07. The summed E-state index contributed by atoms with van der Waals surface area (Å²) >= 11 is 0. The molecule has 2 aromatic carbocycles. The minimum Gasteiger partial charge on any atom is -0.239 e. The number of allylic oxidation sites excluding steroid dienone is 1. The van der Waals surface area contributed by atoms with Crippen molar-refractivity contribution in [3.05, 3.63) is 96.8 Å². The lowest BCUT2D eigenvalue weighted by molar-refractivity contribution is 1.50. The van der Waals surface area contributed by atoms with Crippen LogP contribution in [0, 0.1) is 0 Å². The molecule has 0 bridgehead atoms. The topological polar surface area (TPSA) is 12.4 Å². The maximum Gasteiger partial charge on any atom is 0.112 e. The second-order valence-corrected chi connectivity index (χ2v) is 3.96. The third-order valence-electron chi connectivity index (χ3n) is 2.71. The number of aliphatic imine (C=N–C) groups is 1. The summed E-state index contributed by atoms with van der Waals surface area (Å²) in [5.74, 6) is 0. The van der Waals surface area contributed by atoms with Gasteiger partial charge >= 0.3 is 0 Å². The summed E-state index contributed by atoms with van der Waals surface area (Å²) in [6, 6.07) is 19.8. The average Bonchev–Trinajstić information content (AvgIpc) is 2.50. The molecule has 92 valence electrons. The van der Waals surface area contributed by atoms with Crippen molar-refractivity contribution in [2.75, 3.05) is 0 Å². The molecule has 2 aromatic rings. The van der Waals surface area contributed by atoms with Crippen molar-refractivity contribution in [3.63, 3.8) is 0 Å². The summed E-state index contributed by atoms with van der Waals surface area (Å²) in [6.45, 7) is 7.54. The highest BCUT2D eigenvalue weighted by atomic mass is 14.8. The summed E-state index contributed by atoms with van der Waals surface area (Å²) in [5.41, 5.74) is 6.44. The monoisotopic (exact) mass is 245 g/mol. The van der Waals surface area contributed by atoms with Crippen LogP contribution in [0.3, 0.4) is 0 Å². The van der Waals surface area contributed by atoms with Gasteiger partial charge in [-0.15, -0.1) is 5.73 Å². The number of hydrogen-bond acceptors (Lipinski definition) is 1. The molecule has 2 rings (SSSR count). The summed E-state index contributed by atoms with van der Waals surface area (Å²) < 4.78 is 0. The zero-order valence-corrected chi connectivity index (χ0v) is 10.7. The lowest BCUT2D eigenvalue weighted by Crippen LogP contribution is -1.96. The third kappa shape index (κ3) is 3.19. The molecule has 0 saturated carbocycles. The van der Waals surface area contributed by atoms with Gasteiger partial charge in [0.1, 0.15) is 5.70 Å². The van der Waals surface area contributed by atoms with E-state index in [2.05, 4.69) is 23.9 Å². The van der Waals surface area contributed by atoms with Crippen LogP contribution in [0.2, 0.25) is 0 Å². The van der Waals surface area contributed by atoms with E-state index in [9.17, 15) is 0 Å². The van der Waals surface area contributed by atoms with E-state index < -0.39 is 0 Å². The molecule has 0 unspecified atom stereocenters. The number of rotatable bonds is 4. The highest BCUT2D eigenvalue weighted by molar-refractivity contribution is 6.10. The van der Waals surface area contributed by atoms with Gasteiger partial charge in [0, 0.05) is 11.1 Å². The molecule has 0 spiro atoms. The Morgan fingerprint density at radius 1 is 0.895 bits per heavy atom. The van der Waals surface area contributed by atoms with Crippen molar-refractivity contribution >= 4 is 11.4 Å². The van der Waals surface area contributed by atoms with Gasteiger partial charge in [0.25, 0.3) is 0 Å². The maximum atomic E-state index is 4.60. The molecule has 0 atom stereocenters. The van der Waals surface area contributed by atoms with Gasteiger partial charge < -0.3 is 0 Å². The van der Waals surface area contributed by atoms with Gasteiger partial charge in [0.2, 0.25) is 0 Å². The largest absolute Gasteiger partial charge is 0.239 e. The van der Waals surface area contributed by atoms with Crippen LogP contribution in [0.25, 0.3) is 5.70 Å². The molecule has 0 saturated heterocycles. The summed E-state index contributed by atoms with van der Waals surface area (Å²) in [4.78, 5) is 4.60. The van der Waals surface area contributed by atoms with Gasteiger partial charge in [-0.1, -0.05) is 73.8 Å². The van der Waals surface area contributed by atoms with E-state index in [0.717, 1.165) is 22.5 Å². The van der Waals surface area contributed by atoms with Crippen LogP contribution < -0.4 is 0 Å². The Bertz CT molecular complexity index is 630. The van der Waals surface area contributed by atoms with Crippen molar-refractivity contribution in [2.24, 2.45) is 4.99 Å². The standard InChI is InChI=1S/C18H15N/c1-3-17(15-11-7-5-8-12-15)19-18(4-2)16-13-9-6-10-14-16/h3,5-14H,1-2H2/b19-17+. The van der Waals surface area contributed by atoms with Gasteiger partial charge in [-0.3, -0.25) is 0 Å². The SMILES string of the molecule is C=C=C(/N=C(\C=C)c1ccccc1)c1ccccc1. The molecular formula is C18H15N. The van der Waals surface area contributed by atoms with Crippen LogP contribution in [0.15, 0.2) is 90.6 Å². The van der Waals surface area contributed by atoms with E-state index in [-0.39, 0.29) is 0 Å². The molecule has 0 fully saturated rings. The van der Waals surface area contributed by atoms with Crippen molar-refractivity contribution in [1.82, 2.24) is 0 Å². The van der Waals surface area contributed by atoms with Gasteiger partial charge in [0.15, 0.2) is 0 Å². The molecule has 1 nitrogen and oxygen atoms in total. The lowest BCUT2D eigenvalue weighted by Gasteiger charge is -2.04. The first-order valence-electron chi connectivity index (χ1n) is 6.07. The summed E-state index contributed by atoms with van der Waals surface area (Å²) in [5, 5.41) is 0. The second-order valence-electron chi connectivity index (χ2n) is 3.96. The predicted octanol–water partition coefficient (Wildman–Crippen LogP) is 4.49. The molecule has 19 heavy (non-hydrogen) atoms. The Balaban J connectivity index is 2.43. The van der Waals surface area contributed by atoms with Crippen LogP contribution in [0.5, 0.6) is 0 Å². The minimum absolute atomic E-state index is 0.722. The number of hydrogen-bond donors (Lipinski definition) is 0. The van der Waals surface area contributed by atoms with Crippen molar-refractivity contribution in [2.45, 2.75) is 0 Å². The van der Waals surface area contributed by atoms with Crippen LogP contribution in [0.1, 0.15) is 11.1 Å². The second kappa shape index (κ2) is 6.34. The number of nitrogens with zero attached hydrogens (tertiary/aromatic N) is 1. The fourth-order valence-corrected chi connectivity index (χ4v) is 1.76. The van der Waals surface area contributed by atoms with Crippen LogP contribution in [-0.2, 0) is 0 Å².